The molecule has 4 nitrogen and oxygen atoms in total. The van der Waals surface area contributed by atoms with E-state index >= 15 is 0 Å². The second kappa shape index (κ2) is 5.84. The molecule has 1 aliphatic heterocycles. The zero-order valence-corrected chi connectivity index (χ0v) is 14.4. The Bertz CT molecular complexity index is 707. The Morgan fingerprint density at radius 2 is 2.04 bits per heavy atom. The zero-order chi connectivity index (χ0) is 17.7. The molecule has 130 valence electrons. The quantitative estimate of drug-likeness (QED) is 0.770. The normalized spacial score (nSPS) is 30.1. The van der Waals surface area contributed by atoms with Gasteiger partial charge in [0.25, 0.3) is 11.6 Å². The van der Waals surface area contributed by atoms with E-state index in [1.807, 2.05) is 0 Å². The number of amides is 1. The summed E-state index contributed by atoms with van der Waals surface area (Å²) in [5.74, 6) is -2.39. The van der Waals surface area contributed by atoms with Crippen LogP contribution in [0.5, 0.6) is 0 Å². The number of aliphatic hydroxyl groups is 1. The topological polar surface area (TPSA) is 52.9 Å². The van der Waals surface area contributed by atoms with Crippen LogP contribution in [0.2, 0.25) is 0 Å². The summed E-state index contributed by atoms with van der Waals surface area (Å²) in [7, 11) is 0. The van der Waals surface area contributed by atoms with Crippen molar-refractivity contribution in [2.24, 2.45) is 16.9 Å². The molecule has 8 heteroatoms. The molecule has 1 aromatic carbocycles. The van der Waals surface area contributed by atoms with E-state index < -0.39 is 23.7 Å². The number of nitrogens with zero attached hydrogens (tertiary/aromatic N) is 2. The van der Waals surface area contributed by atoms with Crippen molar-refractivity contribution in [3.05, 3.63) is 34.3 Å². The molecule has 1 N–H and O–H groups in total. The first-order valence-electron chi connectivity index (χ1n) is 7.64. The first kappa shape index (κ1) is 17.4. The number of alkyl halides is 3. The SMILES string of the molecule is C[C@@H]1CCC[C@H]2C1=NN(C(=O)c1ccccc1Br)[C@]2(O)C(F)(F)F. The maximum Gasteiger partial charge on any atom is 0.439 e. The summed E-state index contributed by atoms with van der Waals surface area (Å²) in [6.07, 6.45) is -3.60. The van der Waals surface area contributed by atoms with Crippen molar-refractivity contribution >= 4 is 27.5 Å². The summed E-state index contributed by atoms with van der Waals surface area (Å²) >= 11 is 3.16. The number of rotatable bonds is 1. The van der Waals surface area contributed by atoms with Crippen LogP contribution in [0.4, 0.5) is 13.2 Å². The van der Waals surface area contributed by atoms with E-state index in [9.17, 15) is 23.1 Å². The molecule has 0 unspecified atom stereocenters. The molecule has 0 bridgehead atoms. The first-order valence-corrected chi connectivity index (χ1v) is 8.43. The predicted octanol–water partition coefficient (Wildman–Crippen LogP) is 3.95. The Kier molecular flexibility index (Phi) is 4.24. The summed E-state index contributed by atoms with van der Waals surface area (Å²) < 4.78 is 41.6. The van der Waals surface area contributed by atoms with Crippen molar-refractivity contribution in [2.75, 3.05) is 0 Å². The molecular weight excluding hydrogens is 389 g/mol. The molecule has 1 aromatic rings. The summed E-state index contributed by atoms with van der Waals surface area (Å²) in [6.45, 7) is 1.77. The fourth-order valence-corrected chi connectivity index (χ4v) is 3.90. The molecule has 3 atom stereocenters. The predicted molar refractivity (Wildman–Crippen MR) is 85.3 cm³/mol. The average Bonchev–Trinajstić information content (AvgIpc) is 2.83. The number of carbonyl (C=O) groups is 1. The van der Waals surface area contributed by atoms with Gasteiger partial charge in [-0.05, 0) is 46.8 Å². The van der Waals surface area contributed by atoms with E-state index in [2.05, 4.69) is 21.0 Å². The average molecular weight is 405 g/mol. The minimum Gasteiger partial charge on any atom is -0.362 e. The molecular formula is C16H16BrF3N2O2. The number of benzene rings is 1. The number of fused-ring (bicyclic) bond motifs is 1. The number of halogens is 4. The van der Waals surface area contributed by atoms with Crippen LogP contribution >= 0.6 is 15.9 Å². The smallest absolute Gasteiger partial charge is 0.362 e. The van der Waals surface area contributed by atoms with Gasteiger partial charge in [-0.15, -0.1) is 0 Å². The standard InChI is InChI=1S/C16H16BrF3N2O2/c1-9-5-4-7-11-13(9)21-22(15(11,24)16(18,19)20)14(23)10-6-2-3-8-12(10)17/h2-3,6,8-9,11,24H,4-5,7H2,1H3/t9-,11+,15-/m1/s1. The number of carbonyl (C=O) groups excluding carboxylic acids is 1. The van der Waals surface area contributed by atoms with Gasteiger partial charge in [-0.3, -0.25) is 4.79 Å². The van der Waals surface area contributed by atoms with E-state index in [1.165, 1.54) is 6.07 Å². The molecule has 3 rings (SSSR count). The van der Waals surface area contributed by atoms with E-state index in [1.54, 1.807) is 25.1 Å². The number of hydrazone groups is 1. The molecule has 0 aromatic heterocycles. The zero-order valence-electron chi connectivity index (χ0n) is 12.8. The van der Waals surface area contributed by atoms with Crippen LogP contribution in [0.3, 0.4) is 0 Å². The monoisotopic (exact) mass is 404 g/mol. The highest BCUT2D eigenvalue weighted by atomic mass is 79.9. The van der Waals surface area contributed by atoms with Gasteiger partial charge in [0.05, 0.1) is 11.5 Å². The summed E-state index contributed by atoms with van der Waals surface area (Å²) in [5.41, 5.74) is -3.03. The Labute approximate surface area is 145 Å². The molecule has 24 heavy (non-hydrogen) atoms. The van der Waals surface area contributed by atoms with Crippen LogP contribution in [0.25, 0.3) is 0 Å². The molecule has 1 saturated carbocycles. The van der Waals surface area contributed by atoms with Gasteiger partial charge in [0, 0.05) is 10.2 Å². The van der Waals surface area contributed by atoms with Crippen molar-refractivity contribution in [1.82, 2.24) is 5.01 Å². The Morgan fingerprint density at radius 1 is 1.38 bits per heavy atom. The third kappa shape index (κ3) is 2.47. The van der Waals surface area contributed by atoms with Crippen LogP contribution < -0.4 is 0 Å². The Hall–Kier alpha value is -1.41. The largest absolute Gasteiger partial charge is 0.439 e. The van der Waals surface area contributed by atoms with Crippen LogP contribution in [0, 0.1) is 11.8 Å². The molecule has 1 amide bonds. The van der Waals surface area contributed by atoms with Crippen molar-refractivity contribution in [1.29, 1.82) is 0 Å². The van der Waals surface area contributed by atoms with Crippen LogP contribution in [0.15, 0.2) is 33.8 Å². The third-order valence-corrected chi connectivity index (χ3v) is 5.42. The van der Waals surface area contributed by atoms with Crippen LogP contribution in [-0.4, -0.2) is 33.6 Å². The molecule has 0 spiro atoms. The van der Waals surface area contributed by atoms with Crippen molar-refractivity contribution in [2.45, 2.75) is 38.1 Å². The third-order valence-electron chi connectivity index (χ3n) is 4.73. The summed E-state index contributed by atoms with van der Waals surface area (Å²) in [6, 6.07) is 6.14. The highest BCUT2D eigenvalue weighted by Gasteiger charge is 2.69. The highest BCUT2D eigenvalue weighted by molar-refractivity contribution is 9.10. The maximum atomic E-state index is 13.7. The highest BCUT2D eigenvalue weighted by Crippen LogP contribution is 2.49. The van der Waals surface area contributed by atoms with Gasteiger partial charge in [-0.1, -0.05) is 25.5 Å². The van der Waals surface area contributed by atoms with Gasteiger partial charge in [0.15, 0.2) is 0 Å². The number of hydrogen-bond acceptors (Lipinski definition) is 3. The second-order valence-electron chi connectivity index (χ2n) is 6.23. The molecule has 1 aliphatic carbocycles. The minimum absolute atomic E-state index is 0.0239. The molecule has 0 saturated heterocycles. The fourth-order valence-electron chi connectivity index (χ4n) is 3.45. The van der Waals surface area contributed by atoms with Crippen LogP contribution in [0.1, 0.15) is 36.5 Å². The van der Waals surface area contributed by atoms with Gasteiger partial charge in [-0.2, -0.15) is 23.3 Å². The van der Waals surface area contributed by atoms with Crippen molar-refractivity contribution in [3.63, 3.8) is 0 Å². The first-order chi connectivity index (χ1) is 11.2. The minimum atomic E-state index is -5.00. The van der Waals surface area contributed by atoms with E-state index in [0.29, 0.717) is 17.3 Å². The lowest BCUT2D eigenvalue weighted by atomic mass is 9.75. The van der Waals surface area contributed by atoms with Gasteiger partial charge in [0.2, 0.25) is 0 Å². The summed E-state index contributed by atoms with van der Waals surface area (Å²) in [4.78, 5) is 12.7. The van der Waals surface area contributed by atoms with E-state index in [0.717, 1.165) is 0 Å². The summed E-state index contributed by atoms with van der Waals surface area (Å²) in [5, 5.41) is 14.7. The van der Waals surface area contributed by atoms with Gasteiger partial charge in [-0.25, -0.2) is 0 Å². The van der Waals surface area contributed by atoms with Crippen molar-refractivity contribution in [3.8, 4) is 0 Å². The van der Waals surface area contributed by atoms with Crippen molar-refractivity contribution < 1.29 is 23.1 Å². The van der Waals surface area contributed by atoms with Gasteiger partial charge >= 0.3 is 6.18 Å². The Balaban J connectivity index is 2.10. The van der Waals surface area contributed by atoms with E-state index in [-0.39, 0.29) is 28.6 Å². The lowest BCUT2D eigenvalue weighted by Gasteiger charge is -2.39. The maximum absolute atomic E-state index is 13.7. The van der Waals surface area contributed by atoms with Gasteiger partial charge < -0.3 is 5.11 Å². The molecule has 0 radical (unpaired) electrons. The number of hydrogen-bond donors (Lipinski definition) is 1. The fraction of sp³-hybridized carbons (Fsp3) is 0.500. The molecule has 2 aliphatic rings. The van der Waals surface area contributed by atoms with E-state index in [4.69, 9.17) is 0 Å². The lowest BCUT2D eigenvalue weighted by Crippen LogP contribution is -2.61. The Morgan fingerprint density at radius 3 is 2.67 bits per heavy atom. The molecule has 1 heterocycles. The van der Waals surface area contributed by atoms with Crippen LogP contribution in [-0.2, 0) is 0 Å². The second-order valence-corrected chi connectivity index (χ2v) is 7.08. The van der Waals surface area contributed by atoms with Gasteiger partial charge in [0.1, 0.15) is 0 Å². The lowest BCUT2D eigenvalue weighted by molar-refractivity contribution is -0.312. The molecule has 1 fully saturated rings.